The van der Waals surface area contributed by atoms with E-state index in [1.54, 1.807) is 0 Å². The van der Waals surface area contributed by atoms with E-state index >= 15 is 0 Å². The lowest BCUT2D eigenvalue weighted by Gasteiger charge is -2.37. The Kier molecular flexibility index (Phi) is 8.17. The van der Waals surface area contributed by atoms with Gasteiger partial charge in [-0.25, -0.2) is 0 Å². The number of hydrogen-bond donors (Lipinski definition) is 1. The summed E-state index contributed by atoms with van der Waals surface area (Å²) in [5.41, 5.74) is 0. The molecule has 1 N–H and O–H groups in total. The predicted octanol–water partition coefficient (Wildman–Crippen LogP) is 2.14. The standard InChI is InChI=1S/C18H36N4OS/c1-5-21(6-2)13-16-7-10-22(14-16)17(19-3)20-15-18(24-4)8-11-23-12-9-18/h16H,5-15H2,1-4H3,(H,19,20). The zero-order valence-corrected chi connectivity index (χ0v) is 16.8. The van der Waals surface area contributed by atoms with E-state index in [-0.39, 0.29) is 0 Å². The molecule has 2 heterocycles. The molecule has 1 unspecified atom stereocenters. The van der Waals surface area contributed by atoms with Gasteiger partial charge in [0.05, 0.1) is 0 Å². The topological polar surface area (TPSA) is 40.1 Å². The Morgan fingerprint density at radius 3 is 2.62 bits per heavy atom. The molecule has 0 spiro atoms. The highest BCUT2D eigenvalue weighted by Gasteiger charge is 2.33. The van der Waals surface area contributed by atoms with Gasteiger partial charge in [-0.3, -0.25) is 4.99 Å². The molecule has 0 amide bonds. The van der Waals surface area contributed by atoms with Gasteiger partial charge in [0, 0.05) is 51.2 Å². The highest BCUT2D eigenvalue weighted by molar-refractivity contribution is 8.00. The Labute approximate surface area is 152 Å². The molecule has 2 aliphatic rings. The van der Waals surface area contributed by atoms with Crippen LogP contribution in [0.15, 0.2) is 4.99 Å². The molecule has 2 rings (SSSR count). The number of rotatable bonds is 7. The third kappa shape index (κ3) is 5.27. The fraction of sp³-hybridized carbons (Fsp3) is 0.944. The number of nitrogens with zero attached hydrogens (tertiary/aromatic N) is 3. The molecule has 0 aromatic heterocycles. The van der Waals surface area contributed by atoms with Crippen molar-refractivity contribution >= 4 is 17.7 Å². The highest BCUT2D eigenvalue weighted by atomic mass is 32.2. The van der Waals surface area contributed by atoms with Crippen LogP contribution in [-0.2, 0) is 4.74 Å². The van der Waals surface area contributed by atoms with Crippen LogP contribution >= 0.6 is 11.8 Å². The van der Waals surface area contributed by atoms with Crippen LogP contribution in [0, 0.1) is 5.92 Å². The van der Waals surface area contributed by atoms with Crippen LogP contribution in [0.2, 0.25) is 0 Å². The highest BCUT2D eigenvalue weighted by Crippen LogP contribution is 2.33. The first-order valence-electron chi connectivity index (χ1n) is 9.47. The van der Waals surface area contributed by atoms with Gasteiger partial charge in [-0.2, -0.15) is 11.8 Å². The summed E-state index contributed by atoms with van der Waals surface area (Å²) < 4.78 is 5.85. The molecule has 0 bridgehead atoms. The lowest BCUT2D eigenvalue weighted by atomic mass is 9.99. The molecule has 0 aliphatic carbocycles. The predicted molar refractivity (Wildman–Crippen MR) is 105 cm³/mol. The molecule has 0 aromatic carbocycles. The van der Waals surface area contributed by atoms with Crippen molar-refractivity contribution in [2.45, 2.75) is 37.9 Å². The molecular weight excluding hydrogens is 320 g/mol. The van der Waals surface area contributed by atoms with Gasteiger partial charge in [0.25, 0.3) is 0 Å². The minimum Gasteiger partial charge on any atom is -0.381 e. The van der Waals surface area contributed by atoms with E-state index in [2.05, 4.69) is 40.2 Å². The summed E-state index contributed by atoms with van der Waals surface area (Å²) in [5.74, 6) is 1.85. The molecule has 2 saturated heterocycles. The molecule has 2 fully saturated rings. The Hall–Kier alpha value is -0.460. The number of guanidine groups is 1. The van der Waals surface area contributed by atoms with Crippen LogP contribution in [0.3, 0.4) is 0 Å². The van der Waals surface area contributed by atoms with Crippen LogP contribution in [0.5, 0.6) is 0 Å². The first-order chi connectivity index (χ1) is 11.7. The van der Waals surface area contributed by atoms with Gasteiger partial charge in [-0.15, -0.1) is 0 Å². The van der Waals surface area contributed by atoms with E-state index in [1.165, 1.54) is 13.0 Å². The molecule has 140 valence electrons. The van der Waals surface area contributed by atoms with E-state index in [9.17, 15) is 0 Å². The number of hydrogen-bond acceptors (Lipinski definition) is 4. The van der Waals surface area contributed by atoms with Gasteiger partial charge in [-0.05, 0) is 44.5 Å². The lowest BCUT2D eigenvalue weighted by Crippen LogP contribution is -2.48. The van der Waals surface area contributed by atoms with Crippen molar-refractivity contribution in [1.29, 1.82) is 0 Å². The maximum atomic E-state index is 5.55. The van der Waals surface area contributed by atoms with Gasteiger partial charge in [-0.1, -0.05) is 13.8 Å². The second-order valence-corrected chi connectivity index (χ2v) is 8.26. The van der Waals surface area contributed by atoms with Crippen LogP contribution in [0.1, 0.15) is 33.1 Å². The maximum Gasteiger partial charge on any atom is 0.193 e. The fourth-order valence-corrected chi connectivity index (χ4v) is 4.58. The third-order valence-corrected chi connectivity index (χ3v) is 7.03. The Morgan fingerprint density at radius 2 is 2.04 bits per heavy atom. The summed E-state index contributed by atoms with van der Waals surface area (Å²) >= 11 is 1.98. The van der Waals surface area contributed by atoms with Crippen molar-refractivity contribution in [1.82, 2.24) is 15.1 Å². The van der Waals surface area contributed by atoms with Crippen molar-refractivity contribution in [3.63, 3.8) is 0 Å². The summed E-state index contributed by atoms with van der Waals surface area (Å²) in [4.78, 5) is 9.53. The molecular formula is C18H36N4OS. The average Bonchev–Trinajstić information content (AvgIpc) is 3.09. The summed E-state index contributed by atoms with van der Waals surface area (Å²) in [6.45, 7) is 13.0. The van der Waals surface area contributed by atoms with Crippen molar-refractivity contribution in [2.75, 3.05) is 65.8 Å². The third-order valence-electron chi connectivity index (χ3n) is 5.61. The minimum atomic E-state index is 0.300. The second-order valence-electron chi connectivity index (χ2n) is 6.99. The monoisotopic (exact) mass is 356 g/mol. The summed E-state index contributed by atoms with van der Waals surface area (Å²) in [5, 5.41) is 3.66. The summed E-state index contributed by atoms with van der Waals surface area (Å²) in [6.07, 6.45) is 5.76. The van der Waals surface area contributed by atoms with Crippen LogP contribution in [-0.4, -0.2) is 86.3 Å². The van der Waals surface area contributed by atoms with Crippen molar-refractivity contribution in [2.24, 2.45) is 10.9 Å². The molecule has 0 saturated carbocycles. The Bertz CT molecular complexity index is 394. The first kappa shape index (κ1) is 19.9. The number of ether oxygens (including phenoxy) is 1. The quantitative estimate of drug-likeness (QED) is 0.559. The number of likely N-dealkylation sites (tertiary alicyclic amines) is 1. The Morgan fingerprint density at radius 1 is 1.33 bits per heavy atom. The summed E-state index contributed by atoms with van der Waals surface area (Å²) in [6, 6.07) is 0. The zero-order valence-electron chi connectivity index (χ0n) is 16.0. The first-order valence-corrected chi connectivity index (χ1v) is 10.7. The van der Waals surface area contributed by atoms with Crippen LogP contribution in [0.25, 0.3) is 0 Å². The smallest absolute Gasteiger partial charge is 0.193 e. The van der Waals surface area contributed by atoms with Crippen molar-refractivity contribution in [3.05, 3.63) is 0 Å². The van der Waals surface area contributed by atoms with Crippen molar-refractivity contribution in [3.8, 4) is 0 Å². The number of aliphatic imine (C=N–C) groups is 1. The number of thioether (sulfide) groups is 1. The molecule has 1 atom stereocenters. The van der Waals surface area contributed by atoms with Gasteiger partial charge in [0.15, 0.2) is 5.96 Å². The average molecular weight is 357 g/mol. The minimum absolute atomic E-state index is 0.300. The largest absolute Gasteiger partial charge is 0.381 e. The molecule has 24 heavy (non-hydrogen) atoms. The molecule has 2 aliphatic heterocycles. The van der Waals surface area contributed by atoms with Gasteiger partial charge >= 0.3 is 0 Å². The Balaban J connectivity index is 1.84. The molecule has 0 radical (unpaired) electrons. The van der Waals surface area contributed by atoms with Crippen LogP contribution in [0.4, 0.5) is 0 Å². The van der Waals surface area contributed by atoms with Gasteiger partial charge in [0.2, 0.25) is 0 Å². The van der Waals surface area contributed by atoms with Gasteiger partial charge < -0.3 is 19.9 Å². The van der Waals surface area contributed by atoms with E-state index in [4.69, 9.17) is 4.74 Å². The number of nitrogens with one attached hydrogen (secondary N) is 1. The van der Waals surface area contributed by atoms with Gasteiger partial charge in [0.1, 0.15) is 0 Å². The maximum absolute atomic E-state index is 5.55. The second kappa shape index (κ2) is 9.88. The SMILES string of the molecule is CCN(CC)CC1CCN(C(=NC)NCC2(SC)CCOCC2)C1. The fourth-order valence-electron chi connectivity index (χ4n) is 3.79. The molecule has 6 heteroatoms. The zero-order chi connectivity index (χ0) is 17.4. The van der Waals surface area contributed by atoms with E-state index in [0.29, 0.717) is 4.75 Å². The van der Waals surface area contributed by atoms with Crippen molar-refractivity contribution < 1.29 is 4.74 Å². The molecule has 5 nitrogen and oxygen atoms in total. The van der Waals surface area contributed by atoms with E-state index in [0.717, 1.165) is 70.7 Å². The van der Waals surface area contributed by atoms with E-state index in [1.807, 2.05) is 18.8 Å². The lowest BCUT2D eigenvalue weighted by molar-refractivity contribution is 0.0781. The summed E-state index contributed by atoms with van der Waals surface area (Å²) in [7, 11) is 1.91. The normalized spacial score (nSPS) is 24.6. The van der Waals surface area contributed by atoms with E-state index < -0.39 is 0 Å². The van der Waals surface area contributed by atoms with Crippen LogP contribution < -0.4 is 5.32 Å². The molecule has 0 aromatic rings.